The van der Waals surface area contributed by atoms with Gasteiger partial charge in [0, 0.05) is 16.9 Å². The largest absolute Gasteiger partial charge is 0.474 e. The molecule has 0 fully saturated rings. The lowest BCUT2D eigenvalue weighted by atomic mass is 10.2. The number of rotatable bonds is 3. The number of nitrogens with zero attached hydrogens (tertiary/aromatic N) is 4. The highest BCUT2D eigenvalue weighted by molar-refractivity contribution is 6.31. The minimum absolute atomic E-state index is 0.120. The zero-order chi connectivity index (χ0) is 18.1. The number of benzene rings is 1. The van der Waals surface area contributed by atoms with Crippen LogP contribution in [0.25, 0.3) is 0 Å². The van der Waals surface area contributed by atoms with Gasteiger partial charge in [-0.15, -0.1) is 0 Å². The minimum Gasteiger partial charge on any atom is -0.474 e. The summed E-state index contributed by atoms with van der Waals surface area (Å²) in [6.07, 6.45) is 3.32. The molecular weight excluding hydrogens is 352 g/mol. The van der Waals surface area contributed by atoms with E-state index < -0.39 is 0 Å². The summed E-state index contributed by atoms with van der Waals surface area (Å²) in [4.78, 5) is 19.0. The normalized spacial score (nSPS) is 13.2. The van der Waals surface area contributed by atoms with Crippen LogP contribution in [0.3, 0.4) is 0 Å². The summed E-state index contributed by atoms with van der Waals surface area (Å²) >= 11 is 6.20. The molecule has 0 spiro atoms. The van der Waals surface area contributed by atoms with Crippen molar-refractivity contribution in [1.29, 1.82) is 0 Å². The zero-order valence-electron chi connectivity index (χ0n) is 14.2. The van der Waals surface area contributed by atoms with E-state index in [1.165, 1.54) is 0 Å². The Labute approximate surface area is 156 Å². The van der Waals surface area contributed by atoms with Crippen molar-refractivity contribution in [3.05, 3.63) is 70.6 Å². The Morgan fingerprint density at radius 2 is 2.12 bits per heavy atom. The van der Waals surface area contributed by atoms with Crippen LogP contribution in [0.15, 0.2) is 48.8 Å². The molecule has 1 aromatic carbocycles. The molecule has 3 heterocycles. The standard InChI is InChI=1S/C19H17ClN4O2/c1-13-6-7-17-18(22-13)26-9-8-24(17)19(25)15-10-21-23(12-15)11-14-4-2-3-5-16(14)20/h2-7,10,12H,8-9,11H2,1H3. The molecular formula is C19H17ClN4O2. The smallest absolute Gasteiger partial charge is 0.261 e. The Morgan fingerprint density at radius 3 is 2.96 bits per heavy atom. The molecule has 0 radical (unpaired) electrons. The number of anilines is 1. The lowest BCUT2D eigenvalue weighted by Gasteiger charge is -2.28. The van der Waals surface area contributed by atoms with E-state index in [1.807, 2.05) is 43.3 Å². The molecule has 0 unspecified atom stereocenters. The summed E-state index contributed by atoms with van der Waals surface area (Å²) in [7, 11) is 0. The van der Waals surface area contributed by atoms with Crippen LogP contribution in [0.1, 0.15) is 21.6 Å². The summed E-state index contributed by atoms with van der Waals surface area (Å²) < 4.78 is 7.29. The van der Waals surface area contributed by atoms with Gasteiger partial charge >= 0.3 is 0 Å². The van der Waals surface area contributed by atoms with E-state index >= 15 is 0 Å². The molecule has 0 bridgehead atoms. The Kier molecular flexibility index (Phi) is 4.34. The third kappa shape index (κ3) is 3.15. The zero-order valence-corrected chi connectivity index (χ0v) is 15.0. The first-order valence-corrected chi connectivity index (χ1v) is 8.68. The van der Waals surface area contributed by atoms with E-state index in [2.05, 4.69) is 10.1 Å². The van der Waals surface area contributed by atoms with Crippen LogP contribution in [0.5, 0.6) is 5.88 Å². The van der Waals surface area contributed by atoms with Crippen LogP contribution < -0.4 is 9.64 Å². The van der Waals surface area contributed by atoms with Gasteiger partial charge in [-0.2, -0.15) is 5.10 Å². The lowest BCUT2D eigenvalue weighted by Crippen LogP contribution is -2.38. The Bertz CT molecular complexity index is 970. The number of aromatic nitrogens is 3. The van der Waals surface area contributed by atoms with Crippen molar-refractivity contribution in [2.24, 2.45) is 0 Å². The summed E-state index contributed by atoms with van der Waals surface area (Å²) in [5.41, 5.74) is 3.01. The van der Waals surface area contributed by atoms with Gasteiger partial charge in [0.1, 0.15) is 12.3 Å². The van der Waals surface area contributed by atoms with Gasteiger partial charge in [0.2, 0.25) is 5.88 Å². The molecule has 1 amide bonds. The van der Waals surface area contributed by atoms with Crippen molar-refractivity contribution in [1.82, 2.24) is 14.8 Å². The van der Waals surface area contributed by atoms with Crippen molar-refractivity contribution >= 4 is 23.2 Å². The highest BCUT2D eigenvalue weighted by atomic mass is 35.5. The predicted octanol–water partition coefficient (Wildman–Crippen LogP) is 3.33. The fraction of sp³-hybridized carbons (Fsp3) is 0.211. The molecule has 4 rings (SSSR count). The predicted molar refractivity (Wildman–Crippen MR) is 98.9 cm³/mol. The first-order valence-electron chi connectivity index (χ1n) is 8.30. The van der Waals surface area contributed by atoms with E-state index in [0.29, 0.717) is 41.8 Å². The molecule has 0 atom stereocenters. The second-order valence-electron chi connectivity index (χ2n) is 6.10. The van der Waals surface area contributed by atoms with E-state index in [-0.39, 0.29) is 5.91 Å². The third-order valence-corrected chi connectivity index (χ3v) is 4.61. The summed E-state index contributed by atoms with van der Waals surface area (Å²) in [6, 6.07) is 11.3. The number of aryl methyl sites for hydroxylation is 1. The summed E-state index contributed by atoms with van der Waals surface area (Å²) in [6.45, 7) is 3.30. The van der Waals surface area contributed by atoms with Crippen LogP contribution in [0.4, 0.5) is 5.69 Å². The van der Waals surface area contributed by atoms with Gasteiger partial charge in [-0.05, 0) is 30.7 Å². The van der Waals surface area contributed by atoms with Crippen molar-refractivity contribution in [3.63, 3.8) is 0 Å². The molecule has 6 nitrogen and oxygen atoms in total. The van der Waals surface area contributed by atoms with Gasteiger partial charge in [-0.1, -0.05) is 29.8 Å². The van der Waals surface area contributed by atoms with Gasteiger partial charge < -0.3 is 4.74 Å². The number of carbonyl (C=O) groups is 1. The number of carbonyl (C=O) groups excluding carboxylic acids is 1. The number of pyridine rings is 1. The maximum atomic E-state index is 12.9. The van der Waals surface area contributed by atoms with Crippen LogP contribution >= 0.6 is 11.6 Å². The van der Waals surface area contributed by atoms with E-state index in [0.717, 1.165) is 11.3 Å². The van der Waals surface area contributed by atoms with Crippen molar-refractivity contribution in [3.8, 4) is 5.88 Å². The van der Waals surface area contributed by atoms with Crippen molar-refractivity contribution < 1.29 is 9.53 Å². The first-order chi connectivity index (χ1) is 12.6. The molecule has 1 aliphatic rings. The first kappa shape index (κ1) is 16.6. The minimum atomic E-state index is -0.120. The monoisotopic (exact) mass is 368 g/mol. The van der Waals surface area contributed by atoms with E-state index in [1.54, 1.807) is 22.0 Å². The van der Waals surface area contributed by atoms with Crippen LogP contribution in [0, 0.1) is 6.92 Å². The average Bonchev–Trinajstić information content (AvgIpc) is 3.11. The quantitative estimate of drug-likeness (QED) is 0.711. The summed E-state index contributed by atoms with van der Waals surface area (Å²) in [5, 5.41) is 4.98. The topological polar surface area (TPSA) is 60.2 Å². The fourth-order valence-electron chi connectivity index (χ4n) is 2.92. The number of ether oxygens (including phenoxy) is 1. The molecule has 0 saturated heterocycles. The van der Waals surface area contributed by atoms with E-state index in [9.17, 15) is 4.79 Å². The van der Waals surface area contributed by atoms with Crippen LogP contribution in [0.2, 0.25) is 5.02 Å². The Balaban J connectivity index is 1.57. The van der Waals surface area contributed by atoms with Gasteiger partial charge in [-0.3, -0.25) is 14.4 Å². The van der Waals surface area contributed by atoms with Gasteiger partial charge in [0.15, 0.2) is 0 Å². The van der Waals surface area contributed by atoms with Crippen LogP contribution in [-0.2, 0) is 6.54 Å². The lowest BCUT2D eigenvalue weighted by molar-refractivity contribution is 0.0975. The molecule has 0 saturated carbocycles. The number of halogens is 1. The molecule has 3 aromatic rings. The molecule has 0 aliphatic carbocycles. The fourth-order valence-corrected chi connectivity index (χ4v) is 3.12. The highest BCUT2D eigenvalue weighted by Crippen LogP contribution is 2.30. The second-order valence-corrected chi connectivity index (χ2v) is 6.51. The number of fused-ring (bicyclic) bond motifs is 1. The molecule has 132 valence electrons. The SMILES string of the molecule is Cc1ccc2c(n1)OCCN2C(=O)c1cnn(Cc2ccccc2Cl)c1. The summed E-state index contributed by atoms with van der Waals surface area (Å²) in [5.74, 6) is 0.374. The third-order valence-electron chi connectivity index (χ3n) is 4.24. The van der Waals surface area contributed by atoms with Gasteiger partial charge in [0.25, 0.3) is 5.91 Å². The van der Waals surface area contributed by atoms with Gasteiger partial charge in [0.05, 0.1) is 24.8 Å². The maximum absolute atomic E-state index is 12.9. The Morgan fingerprint density at radius 1 is 1.27 bits per heavy atom. The van der Waals surface area contributed by atoms with Crippen molar-refractivity contribution in [2.75, 3.05) is 18.1 Å². The van der Waals surface area contributed by atoms with Crippen LogP contribution in [-0.4, -0.2) is 33.8 Å². The van der Waals surface area contributed by atoms with Crippen molar-refractivity contribution in [2.45, 2.75) is 13.5 Å². The molecule has 26 heavy (non-hydrogen) atoms. The highest BCUT2D eigenvalue weighted by Gasteiger charge is 2.26. The number of amides is 1. The second kappa shape index (κ2) is 6.80. The molecule has 0 N–H and O–H groups in total. The Hall–Kier alpha value is -2.86. The van der Waals surface area contributed by atoms with Gasteiger partial charge in [-0.25, -0.2) is 4.98 Å². The molecule has 7 heteroatoms. The number of hydrogen-bond acceptors (Lipinski definition) is 4. The van der Waals surface area contributed by atoms with E-state index in [4.69, 9.17) is 16.3 Å². The maximum Gasteiger partial charge on any atom is 0.261 e. The molecule has 1 aliphatic heterocycles. The number of hydrogen-bond donors (Lipinski definition) is 0. The average molecular weight is 369 g/mol. The molecule has 2 aromatic heterocycles.